The van der Waals surface area contributed by atoms with Crippen molar-refractivity contribution in [1.29, 1.82) is 0 Å². The fourth-order valence-electron chi connectivity index (χ4n) is 2.36. The van der Waals surface area contributed by atoms with Crippen LogP contribution in [-0.2, 0) is 0 Å². The minimum absolute atomic E-state index is 0.147. The lowest BCUT2D eigenvalue weighted by molar-refractivity contribution is 0.0949. The predicted molar refractivity (Wildman–Crippen MR) is 81.3 cm³/mol. The van der Waals surface area contributed by atoms with Gasteiger partial charge in [0.2, 0.25) is 0 Å². The van der Waals surface area contributed by atoms with Crippen molar-refractivity contribution in [3.05, 3.63) is 28.0 Å². The molecule has 0 spiro atoms. The summed E-state index contributed by atoms with van der Waals surface area (Å²) in [6.45, 7) is 0.688. The summed E-state index contributed by atoms with van der Waals surface area (Å²) in [6, 6.07) is 1.55. The molecule has 1 saturated carbocycles. The first-order valence-electron chi connectivity index (χ1n) is 6.21. The van der Waals surface area contributed by atoms with Gasteiger partial charge in [-0.2, -0.15) is 11.8 Å². The highest BCUT2D eigenvalue weighted by molar-refractivity contribution is 8.00. The fraction of sp³-hybridized carbons (Fsp3) is 0.538. The van der Waals surface area contributed by atoms with Crippen LogP contribution in [0.5, 0.6) is 0 Å². The van der Waals surface area contributed by atoms with Gasteiger partial charge in [-0.3, -0.25) is 4.79 Å². The van der Waals surface area contributed by atoms with E-state index in [0.717, 1.165) is 12.8 Å². The van der Waals surface area contributed by atoms with Gasteiger partial charge >= 0.3 is 0 Å². The van der Waals surface area contributed by atoms with Crippen molar-refractivity contribution in [1.82, 2.24) is 10.3 Å². The second-order valence-corrected chi connectivity index (χ2v) is 6.81. The zero-order chi connectivity index (χ0) is 13.9. The number of hydrogen-bond donors (Lipinski definition) is 1. The lowest BCUT2D eigenvalue weighted by Crippen LogP contribution is -2.38. The maximum absolute atomic E-state index is 12.1. The minimum atomic E-state index is -0.147. The number of halogens is 2. The third-order valence-corrected chi connectivity index (χ3v) is 5.68. The van der Waals surface area contributed by atoms with Crippen LogP contribution in [0.25, 0.3) is 0 Å². The Kier molecular flexibility index (Phi) is 4.98. The Morgan fingerprint density at radius 1 is 1.47 bits per heavy atom. The third kappa shape index (κ3) is 3.56. The number of aromatic nitrogens is 1. The van der Waals surface area contributed by atoms with E-state index >= 15 is 0 Å². The zero-order valence-corrected chi connectivity index (χ0v) is 13.0. The Balaban J connectivity index is 1.99. The van der Waals surface area contributed by atoms with E-state index in [0.29, 0.717) is 17.1 Å². The topological polar surface area (TPSA) is 42.0 Å². The highest BCUT2D eigenvalue weighted by Gasteiger charge is 2.33. The predicted octanol–water partition coefficient (Wildman–Crippen LogP) is 3.79. The highest BCUT2D eigenvalue weighted by atomic mass is 35.5. The molecule has 1 aromatic rings. The molecule has 6 heteroatoms. The number of carbonyl (C=O) groups is 1. The molecule has 0 radical (unpaired) electrons. The van der Waals surface area contributed by atoms with Crippen LogP contribution in [0.1, 0.15) is 36.0 Å². The SMILES string of the molecule is CSC1(CNC(=O)c2cnc(Cl)c(Cl)c2)CCCC1. The van der Waals surface area contributed by atoms with Crippen molar-refractivity contribution in [2.24, 2.45) is 0 Å². The number of nitrogens with zero attached hydrogens (tertiary/aromatic N) is 1. The molecule has 0 atom stereocenters. The van der Waals surface area contributed by atoms with Gasteiger partial charge in [0.25, 0.3) is 5.91 Å². The summed E-state index contributed by atoms with van der Waals surface area (Å²) in [5.41, 5.74) is 0.448. The maximum atomic E-state index is 12.1. The van der Waals surface area contributed by atoms with Crippen LogP contribution in [0.2, 0.25) is 10.2 Å². The molecule has 1 N–H and O–H groups in total. The molecule has 1 aromatic heterocycles. The molecule has 2 rings (SSSR count). The van der Waals surface area contributed by atoms with Crippen molar-refractivity contribution in [3.63, 3.8) is 0 Å². The van der Waals surface area contributed by atoms with Gasteiger partial charge in [0.1, 0.15) is 5.15 Å². The van der Waals surface area contributed by atoms with Crippen LogP contribution < -0.4 is 5.32 Å². The van der Waals surface area contributed by atoms with Crippen LogP contribution in [0.15, 0.2) is 12.3 Å². The van der Waals surface area contributed by atoms with E-state index in [2.05, 4.69) is 16.6 Å². The van der Waals surface area contributed by atoms with Gasteiger partial charge < -0.3 is 5.32 Å². The Labute approximate surface area is 127 Å². The summed E-state index contributed by atoms with van der Waals surface area (Å²) >= 11 is 13.4. The van der Waals surface area contributed by atoms with Gasteiger partial charge in [-0.25, -0.2) is 4.98 Å². The van der Waals surface area contributed by atoms with Gasteiger partial charge in [-0.05, 0) is 25.2 Å². The Morgan fingerprint density at radius 2 is 2.16 bits per heavy atom. The largest absolute Gasteiger partial charge is 0.351 e. The Morgan fingerprint density at radius 3 is 2.74 bits per heavy atom. The molecule has 0 aliphatic heterocycles. The number of carbonyl (C=O) groups excluding carboxylic acids is 1. The molecule has 0 saturated heterocycles. The summed E-state index contributed by atoms with van der Waals surface area (Å²) in [6.07, 6.45) is 8.36. The Hall–Kier alpha value is -0.450. The monoisotopic (exact) mass is 318 g/mol. The van der Waals surface area contributed by atoms with E-state index in [9.17, 15) is 4.79 Å². The number of nitrogens with one attached hydrogen (secondary N) is 1. The standard InChI is InChI=1S/C13H16Cl2N2OS/c1-19-13(4-2-3-5-13)8-17-12(18)9-6-10(14)11(15)16-7-9/h6-7H,2-5,8H2,1H3,(H,17,18). The molecular formula is C13H16Cl2N2OS. The molecule has 3 nitrogen and oxygen atoms in total. The molecule has 19 heavy (non-hydrogen) atoms. The van der Waals surface area contributed by atoms with E-state index in [4.69, 9.17) is 23.2 Å². The van der Waals surface area contributed by atoms with E-state index in [1.54, 1.807) is 6.07 Å². The number of hydrogen-bond acceptors (Lipinski definition) is 3. The third-order valence-electron chi connectivity index (χ3n) is 3.58. The summed E-state index contributed by atoms with van der Waals surface area (Å²) in [5, 5.41) is 3.50. The van der Waals surface area contributed by atoms with Crippen LogP contribution >= 0.6 is 35.0 Å². The fourth-order valence-corrected chi connectivity index (χ4v) is 3.54. The molecule has 0 aromatic carbocycles. The van der Waals surface area contributed by atoms with Crippen molar-refractivity contribution in [2.75, 3.05) is 12.8 Å². The molecule has 0 unspecified atom stereocenters. The minimum Gasteiger partial charge on any atom is -0.351 e. The van der Waals surface area contributed by atoms with Gasteiger partial charge in [0.05, 0.1) is 10.6 Å². The molecule has 1 amide bonds. The van der Waals surface area contributed by atoms with Crippen molar-refractivity contribution < 1.29 is 4.79 Å². The van der Waals surface area contributed by atoms with Gasteiger partial charge in [-0.1, -0.05) is 36.0 Å². The van der Waals surface area contributed by atoms with Gasteiger partial charge in [-0.15, -0.1) is 0 Å². The second-order valence-electron chi connectivity index (χ2n) is 4.77. The van der Waals surface area contributed by atoms with Crippen LogP contribution in [0.4, 0.5) is 0 Å². The molecule has 1 aliphatic rings. The van der Waals surface area contributed by atoms with E-state index < -0.39 is 0 Å². The quantitative estimate of drug-likeness (QED) is 0.859. The van der Waals surface area contributed by atoms with E-state index in [1.807, 2.05) is 11.8 Å². The van der Waals surface area contributed by atoms with Gasteiger partial charge in [0, 0.05) is 17.5 Å². The summed E-state index contributed by atoms with van der Waals surface area (Å²) in [7, 11) is 0. The van der Waals surface area contributed by atoms with Crippen LogP contribution in [0.3, 0.4) is 0 Å². The van der Waals surface area contributed by atoms with E-state index in [-0.39, 0.29) is 15.8 Å². The van der Waals surface area contributed by atoms with E-state index in [1.165, 1.54) is 19.0 Å². The Bertz CT molecular complexity index is 476. The normalized spacial score (nSPS) is 17.4. The van der Waals surface area contributed by atoms with Crippen LogP contribution in [0, 0.1) is 0 Å². The molecule has 1 aliphatic carbocycles. The average Bonchev–Trinajstić information content (AvgIpc) is 2.89. The lowest BCUT2D eigenvalue weighted by atomic mass is 10.1. The summed E-state index contributed by atoms with van der Waals surface area (Å²) in [5.74, 6) is -0.147. The number of pyridine rings is 1. The smallest absolute Gasteiger partial charge is 0.252 e. The number of rotatable bonds is 4. The molecule has 0 bridgehead atoms. The summed E-state index contributed by atoms with van der Waals surface area (Å²) in [4.78, 5) is 15.9. The molecule has 104 valence electrons. The van der Waals surface area contributed by atoms with Gasteiger partial charge in [0.15, 0.2) is 0 Å². The average molecular weight is 319 g/mol. The number of amides is 1. The molecule has 1 heterocycles. The summed E-state index contributed by atoms with van der Waals surface area (Å²) < 4.78 is 0.194. The second kappa shape index (κ2) is 6.33. The maximum Gasteiger partial charge on any atom is 0.252 e. The van der Waals surface area contributed by atoms with Crippen LogP contribution in [-0.4, -0.2) is 28.4 Å². The molecular weight excluding hydrogens is 303 g/mol. The molecule has 1 fully saturated rings. The lowest BCUT2D eigenvalue weighted by Gasteiger charge is -2.26. The first kappa shape index (κ1) is 14.9. The van der Waals surface area contributed by atoms with Crippen molar-refractivity contribution in [3.8, 4) is 0 Å². The highest BCUT2D eigenvalue weighted by Crippen LogP contribution is 2.39. The zero-order valence-electron chi connectivity index (χ0n) is 10.7. The number of thioether (sulfide) groups is 1. The van der Waals surface area contributed by atoms with Crippen molar-refractivity contribution >= 4 is 40.9 Å². The first-order valence-corrected chi connectivity index (χ1v) is 8.19. The first-order chi connectivity index (χ1) is 9.06. The van der Waals surface area contributed by atoms with Crippen molar-refractivity contribution in [2.45, 2.75) is 30.4 Å².